The summed E-state index contributed by atoms with van der Waals surface area (Å²) in [7, 11) is 1.63. The minimum absolute atomic E-state index is 0.108. The van der Waals surface area contributed by atoms with Gasteiger partial charge in [0, 0.05) is 17.6 Å². The van der Waals surface area contributed by atoms with Crippen molar-refractivity contribution in [1.82, 2.24) is 4.98 Å². The molecule has 0 aliphatic rings. The minimum Gasteiger partial charge on any atom is -0.497 e. The van der Waals surface area contributed by atoms with Gasteiger partial charge in [-0.15, -0.1) is 0 Å². The number of benzene rings is 2. The Balaban J connectivity index is 1.59. The number of hydrogen-bond acceptors (Lipinski definition) is 5. The fourth-order valence-corrected chi connectivity index (χ4v) is 2.52. The average molecular weight is 377 g/mol. The Hall–Kier alpha value is -3.54. The maximum absolute atomic E-state index is 12.4. The maximum atomic E-state index is 12.4. The van der Waals surface area contributed by atoms with Gasteiger partial charge < -0.3 is 20.1 Å². The van der Waals surface area contributed by atoms with Gasteiger partial charge in [-0.25, -0.2) is 4.98 Å². The van der Waals surface area contributed by atoms with E-state index >= 15 is 0 Å². The zero-order valence-corrected chi connectivity index (χ0v) is 16.1. The van der Waals surface area contributed by atoms with Crippen molar-refractivity contribution < 1.29 is 14.3 Å². The van der Waals surface area contributed by atoms with Crippen molar-refractivity contribution in [3.8, 4) is 11.5 Å². The summed E-state index contributed by atoms with van der Waals surface area (Å²) in [5, 5.41) is 6.03. The number of ether oxygens (including phenoxy) is 2. The molecule has 0 radical (unpaired) electrons. The highest BCUT2D eigenvalue weighted by Gasteiger charge is 2.08. The number of nitrogens with zero attached hydrogens (tertiary/aromatic N) is 1. The standard InChI is InChI=1S/C22H23N3O3/c1-15(2)28-20-11-7-18(8-12-20)25-22(26)16-4-13-21(23-14-16)24-17-5-9-19(27-3)10-6-17/h4-15H,1-3H3,(H,23,24)(H,25,26). The Morgan fingerprint density at radius 1 is 0.893 bits per heavy atom. The second kappa shape index (κ2) is 8.90. The first-order valence-electron chi connectivity index (χ1n) is 8.98. The van der Waals surface area contributed by atoms with Crippen LogP contribution in [0, 0.1) is 0 Å². The van der Waals surface area contributed by atoms with E-state index in [0.717, 1.165) is 17.2 Å². The number of nitrogens with one attached hydrogen (secondary N) is 2. The van der Waals surface area contributed by atoms with E-state index < -0.39 is 0 Å². The molecule has 0 spiro atoms. The van der Waals surface area contributed by atoms with Crippen LogP contribution in [0.4, 0.5) is 17.2 Å². The predicted molar refractivity (Wildman–Crippen MR) is 111 cm³/mol. The highest BCUT2D eigenvalue weighted by Crippen LogP contribution is 2.20. The smallest absolute Gasteiger partial charge is 0.257 e. The van der Waals surface area contributed by atoms with Crippen LogP contribution in [0.3, 0.4) is 0 Å². The number of aromatic nitrogens is 1. The number of anilines is 3. The molecule has 0 saturated carbocycles. The third-order valence-electron chi connectivity index (χ3n) is 3.87. The van der Waals surface area contributed by atoms with E-state index in [1.54, 1.807) is 19.2 Å². The van der Waals surface area contributed by atoms with Crippen molar-refractivity contribution in [2.24, 2.45) is 0 Å². The number of carbonyl (C=O) groups is 1. The lowest BCUT2D eigenvalue weighted by atomic mass is 10.2. The second-order valence-corrected chi connectivity index (χ2v) is 6.43. The number of rotatable bonds is 7. The van der Waals surface area contributed by atoms with Gasteiger partial charge in [-0.2, -0.15) is 0 Å². The molecule has 0 fully saturated rings. The van der Waals surface area contributed by atoms with Crippen molar-refractivity contribution >= 4 is 23.1 Å². The van der Waals surface area contributed by atoms with Gasteiger partial charge >= 0.3 is 0 Å². The number of pyridine rings is 1. The molecular formula is C22H23N3O3. The Bertz CT molecular complexity index is 905. The number of amides is 1. The number of hydrogen-bond donors (Lipinski definition) is 2. The molecule has 0 atom stereocenters. The van der Waals surface area contributed by atoms with E-state index in [2.05, 4.69) is 15.6 Å². The molecule has 2 N–H and O–H groups in total. The summed E-state index contributed by atoms with van der Waals surface area (Å²) >= 11 is 0. The molecule has 0 aliphatic carbocycles. The quantitative estimate of drug-likeness (QED) is 0.614. The SMILES string of the molecule is COc1ccc(Nc2ccc(C(=O)Nc3ccc(OC(C)C)cc3)cn2)cc1. The van der Waals surface area contributed by atoms with Crippen LogP contribution in [0.5, 0.6) is 11.5 Å². The Kier molecular flexibility index (Phi) is 6.11. The Labute approximate surface area is 164 Å². The largest absolute Gasteiger partial charge is 0.497 e. The molecule has 28 heavy (non-hydrogen) atoms. The van der Waals surface area contributed by atoms with E-state index in [1.807, 2.05) is 62.4 Å². The van der Waals surface area contributed by atoms with E-state index in [4.69, 9.17) is 9.47 Å². The molecule has 3 aromatic rings. The number of carbonyl (C=O) groups excluding carboxylic acids is 1. The van der Waals surface area contributed by atoms with Crippen LogP contribution in [0.1, 0.15) is 24.2 Å². The van der Waals surface area contributed by atoms with Crippen LogP contribution >= 0.6 is 0 Å². The van der Waals surface area contributed by atoms with Gasteiger partial charge in [0.25, 0.3) is 5.91 Å². The van der Waals surface area contributed by atoms with Gasteiger partial charge in [0.05, 0.1) is 18.8 Å². The fraction of sp³-hybridized carbons (Fsp3) is 0.182. The summed E-state index contributed by atoms with van der Waals surface area (Å²) in [4.78, 5) is 16.7. The molecule has 0 unspecified atom stereocenters. The molecule has 1 aromatic heterocycles. The molecule has 1 amide bonds. The Morgan fingerprint density at radius 2 is 1.54 bits per heavy atom. The summed E-state index contributed by atoms with van der Waals surface area (Å²) < 4.78 is 10.7. The van der Waals surface area contributed by atoms with E-state index in [9.17, 15) is 4.79 Å². The van der Waals surface area contributed by atoms with E-state index in [1.165, 1.54) is 6.20 Å². The van der Waals surface area contributed by atoms with Crippen molar-refractivity contribution in [3.05, 3.63) is 72.4 Å². The predicted octanol–water partition coefficient (Wildman–Crippen LogP) is 4.87. The first-order valence-corrected chi connectivity index (χ1v) is 8.98. The summed E-state index contributed by atoms with van der Waals surface area (Å²) in [6.45, 7) is 3.94. The molecular weight excluding hydrogens is 354 g/mol. The lowest BCUT2D eigenvalue weighted by Gasteiger charge is -2.11. The van der Waals surface area contributed by atoms with E-state index in [0.29, 0.717) is 17.1 Å². The summed E-state index contributed by atoms with van der Waals surface area (Å²) in [5.74, 6) is 1.98. The van der Waals surface area contributed by atoms with Crippen molar-refractivity contribution in [1.29, 1.82) is 0 Å². The second-order valence-electron chi connectivity index (χ2n) is 6.43. The van der Waals surface area contributed by atoms with Crippen LogP contribution in [0.2, 0.25) is 0 Å². The zero-order chi connectivity index (χ0) is 19.9. The lowest BCUT2D eigenvalue weighted by Crippen LogP contribution is -2.12. The molecule has 2 aromatic carbocycles. The Morgan fingerprint density at radius 3 is 2.11 bits per heavy atom. The maximum Gasteiger partial charge on any atom is 0.257 e. The molecule has 0 aliphatic heterocycles. The molecule has 0 bridgehead atoms. The van der Waals surface area contributed by atoms with Crippen molar-refractivity contribution in [3.63, 3.8) is 0 Å². The van der Waals surface area contributed by atoms with Crippen molar-refractivity contribution in [2.75, 3.05) is 17.7 Å². The molecule has 6 nitrogen and oxygen atoms in total. The highest BCUT2D eigenvalue weighted by atomic mass is 16.5. The van der Waals surface area contributed by atoms with Gasteiger partial charge in [-0.05, 0) is 74.5 Å². The third-order valence-corrected chi connectivity index (χ3v) is 3.87. The van der Waals surface area contributed by atoms with Gasteiger partial charge in [0.15, 0.2) is 0 Å². The number of methoxy groups -OCH3 is 1. The summed E-state index contributed by atoms with van der Waals surface area (Å²) in [6.07, 6.45) is 1.65. The third kappa shape index (κ3) is 5.23. The van der Waals surface area contributed by atoms with Crippen LogP contribution < -0.4 is 20.1 Å². The highest BCUT2D eigenvalue weighted by molar-refractivity contribution is 6.04. The molecule has 1 heterocycles. The fourth-order valence-electron chi connectivity index (χ4n) is 2.52. The topological polar surface area (TPSA) is 72.5 Å². The summed E-state index contributed by atoms with van der Waals surface area (Å²) in [5.41, 5.74) is 2.05. The first-order chi connectivity index (χ1) is 13.5. The van der Waals surface area contributed by atoms with Gasteiger partial charge in [0.1, 0.15) is 17.3 Å². The summed E-state index contributed by atoms with van der Waals surface area (Å²) in [6, 6.07) is 18.3. The van der Waals surface area contributed by atoms with Crippen LogP contribution in [-0.4, -0.2) is 24.1 Å². The molecule has 6 heteroatoms. The monoisotopic (exact) mass is 377 g/mol. The molecule has 0 saturated heterocycles. The van der Waals surface area contributed by atoms with Gasteiger partial charge in [-0.1, -0.05) is 0 Å². The van der Waals surface area contributed by atoms with Crippen LogP contribution in [0.25, 0.3) is 0 Å². The normalized spacial score (nSPS) is 10.4. The molecule has 3 rings (SSSR count). The van der Waals surface area contributed by atoms with Crippen LogP contribution in [0.15, 0.2) is 66.9 Å². The van der Waals surface area contributed by atoms with Gasteiger partial charge in [-0.3, -0.25) is 4.79 Å². The lowest BCUT2D eigenvalue weighted by molar-refractivity contribution is 0.102. The van der Waals surface area contributed by atoms with Gasteiger partial charge in [0.2, 0.25) is 0 Å². The van der Waals surface area contributed by atoms with Crippen molar-refractivity contribution in [2.45, 2.75) is 20.0 Å². The van der Waals surface area contributed by atoms with E-state index in [-0.39, 0.29) is 12.0 Å². The molecule has 144 valence electrons. The average Bonchev–Trinajstić information content (AvgIpc) is 2.70. The van der Waals surface area contributed by atoms with Crippen LogP contribution in [-0.2, 0) is 0 Å². The minimum atomic E-state index is -0.221. The zero-order valence-electron chi connectivity index (χ0n) is 16.1. The first kappa shape index (κ1) is 19.2.